The summed E-state index contributed by atoms with van der Waals surface area (Å²) in [5, 5.41) is 0. The predicted molar refractivity (Wildman–Crippen MR) is 74.9 cm³/mol. The van der Waals surface area contributed by atoms with Gasteiger partial charge >= 0.3 is 12.1 Å². The van der Waals surface area contributed by atoms with Crippen LogP contribution in [0.1, 0.15) is 18.4 Å². The maximum atomic E-state index is 12.3. The van der Waals surface area contributed by atoms with Gasteiger partial charge in [-0.3, -0.25) is 9.69 Å². The number of fused-ring (bicyclic) bond motifs is 3. The van der Waals surface area contributed by atoms with E-state index in [-0.39, 0.29) is 23.5 Å². The van der Waals surface area contributed by atoms with Gasteiger partial charge in [-0.25, -0.2) is 4.79 Å². The van der Waals surface area contributed by atoms with E-state index in [9.17, 15) is 22.8 Å². The highest BCUT2D eigenvalue weighted by Crippen LogP contribution is 2.31. The fourth-order valence-electron chi connectivity index (χ4n) is 3.26. The van der Waals surface area contributed by atoms with E-state index in [0.29, 0.717) is 6.42 Å². The number of ether oxygens (including phenoxy) is 1. The molecule has 4 nitrogen and oxygen atoms in total. The molecule has 3 fully saturated rings. The maximum Gasteiger partial charge on any atom is 0.491 e. The van der Waals surface area contributed by atoms with E-state index in [1.165, 1.54) is 12.1 Å². The van der Waals surface area contributed by atoms with Gasteiger partial charge in [0.1, 0.15) is 5.75 Å². The van der Waals surface area contributed by atoms with Crippen molar-refractivity contribution in [1.82, 2.24) is 4.90 Å². The van der Waals surface area contributed by atoms with E-state index < -0.39 is 12.1 Å². The van der Waals surface area contributed by atoms with Gasteiger partial charge in [-0.1, -0.05) is 12.1 Å². The van der Waals surface area contributed by atoms with Crippen molar-refractivity contribution >= 4 is 11.8 Å². The van der Waals surface area contributed by atoms with Gasteiger partial charge in [0.05, 0.1) is 6.04 Å². The van der Waals surface area contributed by atoms with Crippen molar-refractivity contribution in [1.29, 1.82) is 0 Å². The first-order chi connectivity index (χ1) is 10.8. The van der Waals surface area contributed by atoms with Crippen LogP contribution in [0.4, 0.5) is 13.2 Å². The Morgan fingerprint density at radius 2 is 1.78 bits per heavy atom. The molecule has 3 heterocycles. The minimum absolute atomic E-state index is 0.147. The third-order valence-corrected chi connectivity index (χ3v) is 4.50. The first-order valence-electron chi connectivity index (χ1n) is 7.50. The molecule has 0 amide bonds. The largest absolute Gasteiger partial charge is 0.491 e. The third kappa shape index (κ3) is 3.39. The van der Waals surface area contributed by atoms with Gasteiger partial charge in [-0.05, 0) is 50.0 Å². The molecule has 3 aliphatic heterocycles. The topological polar surface area (TPSA) is 46.6 Å². The summed E-state index contributed by atoms with van der Waals surface area (Å²) in [6, 6.07) is 5.68. The van der Waals surface area contributed by atoms with Gasteiger partial charge in [0.15, 0.2) is 5.78 Å². The van der Waals surface area contributed by atoms with Crippen molar-refractivity contribution in [3.05, 3.63) is 29.8 Å². The van der Waals surface area contributed by atoms with Crippen LogP contribution in [0.5, 0.6) is 5.75 Å². The number of hydrogen-bond donors (Lipinski definition) is 0. The lowest BCUT2D eigenvalue weighted by Crippen LogP contribution is -2.56. The number of Topliss-reactive ketones (excluding diaryl/α,β-unsaturated/α-hetero) is 1. The minimum Gasteiger partial charge on any atom is -0.420 e. The molecule has 0 N–H and O–H groups in total. The summed E-state index contributed by atoms with van der Waals surface area (Å²) in [5.41, 5.74) is 0.836. The molecule has 1 aromatic carbocycles. The minimum atomic E-state index is -5.01. The number of benzene rings is 1. The van der Waals surface area contributed by atoms with Crippen LogP contribution < -0.4 is 4.74 Å². The molecule has 0 aliphatic carbocycles. The Bertz CT molecular complexity index is 604. The van der Waals surface area contributed by atoms with Crippen molar-refractivity contribution in [2.75, 3.05) is 13.1 Å². The monoisotopic (exact) mass is 327 g/mol. The second-order valence-corrected chi connectivity index (χ2v) is 5.96. The predicted octanol–water partition coefficient (Wildman–Crippen LogP) is 2.36. The summed E-state index contributed by atoms with van der Waals surface area (Å²) in [6.07, 6.45) is -2.65. The molecule has 3 aliphatic rings. The van der Waals surface area contributed by atoms with E-state index in [1.807, 2.05) is 0 Å². The average Bonchev–Trinajstić information content (AvgIpc) is 2.52. The number of alkyl halides is 3. The highest BCUT2D eigenvalue weighted by atomic mass is 19.4. The molecule has 7 heteroatoms. The van der Waals surface area contributed by atoms with Crippen LogP contribution in [0, 0.1) is 5.92 Å². The Morgan fingerprint density at radius 1 is 1.17 bits per heavy atom. The second kappa shape index (κ2) is 5.96. The van der Waals surface area contributed by atoms with Crippen LogP contribution in [0.2, 0.25) is 0 Å². The van der Waals surface area contributed by atoms with E-state index in [2.05, 4.69) is 9.64 Å². The molecule has 3 saturated heterocycles. The van der Waals surface area contributed by atoms with Gasteiger partial charge in [0, 0.05) is 5.92 Å². The van der Waals surface area contributed by atoms with Crippen molar-refractivity contribution in [2.45, 2.75) is 31.5 Å². The van der Waals surface area contributed by atoms with Gasteiger partial charge in [-0.2, -0.15) is 13.2 Å². The number of esters is 1. The van der Waals surface area contributed by atoms with E-state index in [1.54, 1.807) is 12.1 Å². The molecule has 0 spiro atoms. The first kappa shape index (κ1) is 16.0. The second-order valence-electron chi connectivity index (χ2n) is 5.96. The average molecular weight is 327 g/mol. The van der Waals surface area contributed by atoms with Crippen LogP contribution in [-0.4, -0.2) is 42.0 Å². The highest BCUT2D eigenvalue weighted by molar-refractivity contribution is 5.88. The quantitative estimate of drug-likeness (QED) is 0.632. The smallest absolute Gasteiger partial charge is 0.420 e. The number of carbonyl (C=O) groups is 2. The Hall–Kier alpha value is -1.89. The molecule has 1 aromatic rings. The zero-order chi connectivity index (χ0) is 16.6. The molecule has 4 rings (SSSR count). The van der Waals surface area contributed by atoms with E-state index in [0.717, 1.165) is 31.5 Å². The van der Waals surface area contributed by atoms with E-state index in [4.69, 9.17) is 0 Å². The van der Waals surface area contributed by atoms with Crippen molar-refractivity contribution < 1.29 is 27.5 Å². The van der Waals surface area contributed by atoms with Gasteiger partial charge in [0.25, 0.3) is 0 Å². The molecule has 1 unspecified atom stereocenters. The third-order valence-electron chi connectivity index (χ3n) is 4.50. The van der Waals surface area contributed by atoms with Crippen LogP contribution in [-0.2, 0) is 16.0 Å². The Balaban J connectivity index is 1.64. The molecular formula is C16H16F3NO3. The van der Waals surface area contributed by atoms with Crippen molar-refractivity contribution in [3.8, 4) is 5.75 Å². The number of nitrogens with zero attached hydrogens (tertiary/aromatic N) is 1. The molecule has 0 radical (unpaired) electrons. The van der Waals surface area contributed by atoms with Gasteiger partial charge in [-0.15, -0.1) is 0 Å². The molecule has 0 aromatic heterocycles. The normalized spacial score (nSPS) is 27.1. The first-order valence-corrected chi connectivity index (χ1v) is 7.50. The Kier molecular flexibility index (Phi) is 4.14. The summed E-state index contributed by atoms with van der Waals surface area (Å²) in [7, 11) is 0. The summed E-state index contributed by atoms with van der Waals surface area (Å²) in [4.78, 5) is 25.2. The number of piperidine rings is 3. The number of halogens is 3. The number of ketones is 1. The summed E-state index contributed by atoms with van der Waals surface area (Å²) in [6.45, 7) is 1.84. The zero-order valence-electron chi connectivity index (χ0n) is 12.3. The molecule has 124 valence electrons. The molecule has 23 heavy (non-hydrogen) atoms. The summed E-state index contributed by atoms with van der Waals surface area (Å²) >= 11 is 0. The standard InChI is InChI=1S/C16H16F3NO3/c17-16(18,19)15(22)23-12-3-1-10(2-4-12)9-13-14(21)11-5-7-20(13)8-6-11/h1-4,11,13H,5-9H2. The van der Waals surface area contributed by atoms with Crippen LogP contribution in [0.15, 0.2) is 24.3 Å². The van der Waals surface area contributed by atoms with Gasteiger partial charge in [0.2, 0.25) is 0 Å². The number of carbonyl (C=O) groups excluding carboxylic acids is 2. The molecule has 1 atom stereocenters. The number of hydrogen-bond acceptors (Lipinski definition) is 4. The lowest BCUT2D eigenvalue weighted by molar-refractivity contribution is -0.189. The van der Waals surface area contributed by atoms with Crippen LogP contribution >= 0.6 is 0 Å². The zero-order valence-corrected chi connectivity index (χ0v) is 12.3. The lowest BCUT2D eigenvalue weighted by atomic mass is 9.80. The SMILES string of the molecule is O=C1C2CCN(CC2)C1Cc1ccc(OC(=O)C(F)(F)F)cc1. The Labute approximate surface area is 131 Å². The fourth-order valence-corrected chi connectivity index (χ4v) is 3.26. The Morgan fingerprint density at radius 3 is 2.30 bits per heavy atom. The van der Waals surface area contributed by atoms with Crippen molar-refractivity contribution in [2.24, 2.45) is 5.92 Å². The van der Waals surface area contributed by atoms with Crippen LogP contribution in [0.3, 0.4) is 0 Å². The summed E-state index contributed by atoms with van der Waals surface area (Å²) in [5.74, 6) is -1.99. The van der Waals surface area contributed by atoms with E-state index >= 15 is 0 Å². The molecule has 2 bridgehead atoms. The molecule has 0 saturated carbocycles. The number of rotatable bonds is 3. The highest BCUT2D eigenvalue weighted by Gasteiger charge is 2.42. The summed E-state index contributed by atoms with van der Waals surface area (Å²) < 4.78 is 40.7. The van der Waals surface area contributed by atoms with Crippen LogP contribution in [0.25, 0.3) is 0 Å². The maximum absolute atomic E-state index is 12.3. The molecular weight excluding hydrogens is 311 g/mol. The van der Waals surface area contributed by atoms with Crippen molar-refractivity contribution in [3.63, 3.8) is 0 Å². The fraction of sp³-hybridized carbons (Fsp3) is 0.500. The lowest BCUT2D eigenvalue weighted by Gasteiger charge is -2.44. The van der Waals surface area contributed by atoms with Gasteiger partial charge < -0.3 is 4.74 Å².